The Morgan fingerprint density at radius 2 is 2.12 bits per heavy atom. The molecule has 0 saturated carbocycles. The van der Waals surface area contributed by atoms with Crippen molar-refractivity contribution in [2.24, 2.45) is 5.92 Å². The monoisotopic (exact) mass is 341 g/mol. The van der Waals surface area contributed by atoms with E-state index in [2.05, 4.69) is 22.0 Å². The van der Waals surface area contributed by atoms with Gasteiger partial charge in [0.2, 0.25) is 0 Å². The molecule has 132 valence electrons. The molecule has 2 aromatic rings. The van der Waals surface area contributed by atoms with Crippen LogP contribution in [0.3, 0.4) is 0 Å². The number of ether oxygens (including phenoxy) is 1. The summed E-state index contributed by atoms with van der Waals surface area (Å²) in [6, 6.07) is 6.16. The first kappa shape index (κ1) is 16.3. The summed E-state index contributed by atoms with van der Waals surface area (Å²) in [5.74, 6) is 0.527. The Balaban J connectivity index is 1.51. The predicted molar refractivity (Wildman–Crippen MR) is 92.0 cm³/mol. The Hall–Kier alpha value is -2.18. The summed E-state index contributed by atoms with van der Waals surface area (Å²) < 4.78 is 10.9. The number of likely N-dealkylation sites (tertiary alicyclic amines) is 1. The quantitative estimate of drug-likeness (QED) is 0.855. The van der Waals surface area contributed by atoms with Crippen LogP contribution in [0, 0.1) is 5.92 Å². The lowest BCUT2D eigenvalue weighted by atomic mass is 9.90. The maximum Gasteiger partial charge on any atom is 0.257 e. The Morgan fingerprint density at radius 1 is 1.24 bits per heavy atom. The van der Waals surface area contributed by atoms with Gasteiger partial charge in [0.25, 0.3) is 5.91 Å². The van der Waals surface area contributed by atoms with Crippen LogP contribution >= 0.6 is 0 Å². The maximum atomic E-state index is 12.7. The van der Waals surface area contributed by atoms with Crippen molar-refractivity contribution in [2.45, 2.75) is 19.0 Å². The van der Waals surface area contributed by atoms with E-state index in [0.717, 1.165) is 45.8 Å². The van der Waals surface area contributed by atoms with Crippen molar-refractivity contribution in [2.75, 3.05) is 32.8 Å². The molecule has 2 aromatic heterocycles. The van der Waals surface area contributed by atoms with Gasteiger partial charge in [-0.1, -0.05) is 0 Å². The van der Waals surface area contributed by atoms with Crippen LogP contribution in [0.1, 0.15) is 22.3 Å². The van der Waals surface area contributed by atoms with Crippen LogP contribution in [0.5, 0.6) is 0 Å². The molecule has 0 spiro atoms. The van der Waals surface area contributed by atoms with Crippen LogP contribution in [0.15, 0.2) is 47.5 Å². The smallest absolute Gasteiger partial charge is 0.257 e. The number of fused-ring (bicyclic) bond motifs is 1. The molecule has 2 aliphatic heterocycles. The minimum Gasteiger partial charge on any atom is -0.472 e. The van der Waals surface area contributed by atoms with Gasteiger partial charge in [0, 0.05) is 50.5 Å². The second-order valence-electron chi connectivity index (χ2n) is 6.78. The molecule has 0 bridgehead atoms. The van der Waals surface area contributed by atoms with Crippen LogP contribution in [-0.4, -0.2) is 59.6 Å². The normalized spacial score (nSPS) is 24.6. The second kappa shape index (κ2) is 7.37. The Morgan fingerprint density at radius 3 is 2.92 bits per heavy atom. The van der Waals surface area contributed by atoms with Crippen LogP contribution in [0.25, 0.3) is 0 Å². The SMILES string of the molecule is O=C(c1ccoc1)N1CC[C@@H]2COCCN(Cc3ccncc3)[C@@H]2C1. The molecular weight excluding hydrogens is 318 g/mol. The molecular formula is C19H23N3O3. The zero-order valence-corrected chi connectivity index (χ0v) is 14.2. The average molecular weight is 341 g/mol. The van der Waals surface area contributed by atoms with Crippen LogP contribution in [0.2, 0.25) is 0 Å². The molecule has 6 nitrogen and oxygen atoms in total. The third-order valence-corrected chi connectivity index (χ3v) is 5.24. The third kappa shape index (κ3) is 3.60. The molecule has 0 unspecified atom stereocenters. The standard InChI is InChI=1S/C19H23N3O3/c23-19(17-4-9-24-14-17)22-7-3-16-13-25-10-8-21(18(16)12-22)11-15-1-5-20-6-2-15/h1-2,4-6,9,14,16,18H,3,7-8,10-13H2/t16-,18-/m1/s1. The minimum atomic E-state index is 0.0567. The summed E-state index contributed by atoms with van der Waals surface area (Å²) >= 11 is 0. The predicted octanol–water partition coefficient (Wildman–Crippen LogP) is 2.04. The van der Waals surface area contributed by atoms with Gasteiger partial charge in [-0.25, -0.2) is 0 Å². The molecule has 1 amide bonds. The van der Waals surface area contributed by atoms with Gasteiger partial charge >= 0.3 is 0 Å². The van der Waals surface area contributed by atoms with Crippen molar-refractivity contribution < 1.29 is 13.9 Å². The number of nitrogens with zero attached hydrogens (tertiary/aromatic N) is 3. The number of hydrogen-bond donors (Lipinski definition) is 0. The summed E-state index contributed by atoms with van der Waals surface area (Å²) in [7, 11) is 0. The van der Waals surface area contributed by atoms with Crippen LogP contribution < -0.4 is 0 Å². The molecule has 2 atom stereocenters. The van der Waals surface area contributed by atoms with E-state index in [4.69, 9.17) is 9.15 Å². The Labute approximate surface area is 147 Å². The highest BCUT2D eigenvalue weighted by Gasteiger charge is 2.37. The zero-order chi connectivity index (χ0) is 17.1. The van der Waals surface area contributed by atoms with Gasteiger partial charge in [0.05, 0.1) is 25.0 Å². The number of carbonyl (C=O) groups excluding carboxylic acids is 1. The van der Waals surface area contributed by atoms with E-state index in [9.17, 15) is 4.79 Å². The topological polar surface area (TPSA) is 58.8 Å². The van der Waals surface area contributed by atoms with E-state index in [1.807, 2.05) is 17.3 Å². The van der Waals surface area contributed by atoms with Crippen molar-refractivity contribution in [3.05, 3.63) is 54.2 Å². The number of carbonyl (C=O) groups is 1. The molecule has 0 radical (unpaired) electrons. The fourth-order valence-electron chi connectivity index (χ4n) is 3.84. The number of piperidine rings is 1. The molecule has 0 aromatic carbocycles. The number of rotatable bonds is 3. The van der Waals surface area contributed by atoms with E-state index >= 15 is 0 Å². The van der Waals surface area contributed by atoms with Crippen molar-refractivity contribution in [1.29, 1.82) is 0 Å². The van der Waals surface area contributed by atoms with Gasteiger partial charge in [0.1, 0.15) is 6.26 Å². The number of pyridine rings is 1. The van der Waals surface area contributed by atoms with Crippen molar-refractivity contribution >= 4 is 5.91 Å². The average Bonchev–Trinajstić information content (AvgIpc) is 3.12. The molecule has 2 aliphatic rings. The molecule has 2 fully saturated rings. The molecule has 25 heavy (non-hydrogen) atoms. The Bertz CT molecular complexity index is 689. The van der Waals surface area contributed by atoms with E-state index in [-0.39, 0.29) is 5.91 Å². The highest BCUT2D eigenvalue weighted by molar-refractivity contribution is 5.93. The summed E-state index contributed by atoms with van der Waals surface area (Å²) in [5.41, 5.74) is 1.87. The number of amides is 1. The van der Waals surface area contributed by atoms with Gasteiger partial charge in [-0.2, -0.15) is 0 Å². The highest BCUT2D eigenvalue weighted by Crippen LogP contribution is 2.27. The van der Waals surface area contributed by atoms with Gasteiger partial charge in [-0.05, 0) is 30.2 Å². The number of hydrogen-bond acceptors (Lipinski definition) is 5. The highest BCUT2D eigenvalue weighted by atomic mass is 16.5. The fraction of sp³-hybridized carbons (Fsp3) is 0.474. The van der Waals surface area contributed by atoms with E-state index in [1.165, 1.54) is 11.8 Å². The minimum absolute atomic E-state index is 0.0567. The third-order valence-electron chi connectivity index (χ3n) is 5.24. The summed E-state index contributed by atoms with van der Waals surface area (Å²) in [6.07, 6.45) is 7.71. The first-order chi connectivity index (χ1) is 12.3. The van der Waals surface area contributed by atoms with E-state index in [0.29, 0.717) is 17.5 Å². The molecule has 0 N–H and O–H groups in total. The molecule has 6 heteroatoms. The van der Waals surface area contributed by atoms with Gasteiger partial charge in [-0.15, -0.1) is 0 Å². The van der Waals surface area contributed by atoms with Crippen molar-refractivity contribution in [3.63, 3.8) is 0 Å². The van der Waals surface area contributed by atoms with Gasteiger partial charge < -0.3 is 14.1 Å². The summed E-state index contributed by atoms with van der Waals surface area (Å²) in [5, 5.41) is 0. The fourth-order valence-corrected chi connectivity index (χ4v) is 3.84. The molecule has 0 aliphatic carbocycles. The van der Waals surface area contributed by atoms with Crippen LogP contribution in [0.4, 0.5) is 0 Å². The summed E-state index contributed by atoms with van der Waals surface area (Å²) in [6.45, 7) is 4.79. The number of furan rings is 1. The van der Waals surface area contributed by atoms with Crippen LogP contribution in [-0.2, 0) is 11.3 Å². The van der Waals surface area contributed by atoms with Gasteiger partial charge in [0.15, 0.2) is 0 Å². The van der Waals surface area contributed by atoms with E-state index < -0.39 is 0 Å². The Kier molecular flexibility index (Phi) is 4.81. The van der Waals surface area contributed by atoms with Crippen molar-refractivity contribution in [3.8, 4) is 0 Å². The van der Waals surface area contributed by atoms with Gasteiger partial charge in [-0.3, -0.25) is 14.7 Å². The zero-order valence-electron chi connectivity index (χ0n) is 14.2. The first-order valence-electron chi connectivity index (χ1n) is 8.83. The first-order valence-corrected chi connectivity index (χ1v) is 8.83. The number of aromatic nitrogens is 1. The largest absolute Gasteiger partial charge is 0.472 e. The molecule has 4 rings (SSSR count). The molecule has 2 saturated heterocycles. The second-order valence-corrected chi connectivity index (χ2v) is 6.78. The summed E-state index contributed by atoms with van der Waals surface area (Å²) in [4.78, 5) is 21.2. The lowest BCUT2D eigenvalue weighted by Gasteiger charge is -2.42. The lowest BCUT2D eigenvalue weighted by molar-refractivity contribution is 0.0370. The lowest BCUT2D eigenvalue weighted by Crippen LogP contribution is -2.54. The maximum absolute atomic E-state index is 12.7. The molecule has 4 heterocycles. The van der Waals surface area contributed by atoms with Crippen molar-refractivity contribution in [1.82, 2.24) is 14.8 Å². The van der Waals surface area contributed by atoms with E-state index in [1.54, 1.807) is 12.3 Å².